The number of rotatable bonds is 10. The van der Waals surface area contributed by atoms with Gasteiger partial charge in [-0.25, -0.2) is 4.79 Å². The molecular weight excluding hydrogens is 362 g/mol. The number of ether oxygens (including phenoxy) is 3. The number of hydrogen-bond donors (Lipinski definition) is 1. The molecule has 2 rings (SSSR count). The molecule has 0 spiro atoms. The van der Waals surface area contributed by atoms with Crippen LogP contribution in [0.25, 0.3) is 0 Å². The molecule has 1 amide bonds. The molecule has 7 heteroatoms. The Balaban J connectivity index is 1.82. The van der Waals surface area contributed by atoms with Crippen molar-refractivity contribution in [2.45, 2.75) is 20.3 Å². The molecular formula is C21H23NO6. The average Bonchev–Trinajstić information content (AvgIpc) is 2.70. The Morgan fingerprint density at radius 1 is 0.893 bits per heavy atom. The second-order valence-corrected chi connectivity index (χ2v) is 5.89. The lowest BCUT2D eigenvalue weighted by Gasteiger charge is -2.12. The number of anilines is 1. The van der Waals surface area contributed by atoms with Crippen LogP contribution in [0.4, 0.5) is 5.69 Å². The van der Waals surface area contributed by atoms with Gasteiger partial charge in [0.25, 0.3) is 5.91 Å². The highest BCUT2D eigenvalue weighted by atomic mass is 16.6. The van der Waals surface area contributed by atoms with E-state index in [-0.39, 0.29) is 12.4 Å². The van der Waals surface area contributed by atoms with Crippen LogP contribution < -0.4 is 14.8 Å². The maximum absolute atomic E-state index is 12.0. The smallest absolute Gasteiger partial charge is 0.344 e. The molecule has 148 valence electrons. The second-order valence-electron chi connectivity index (χ2n) is 5.89. The van der Waals surface area contributed by atoms with Crippen molar-refractivity contribution in [3.8, 4) is 11.5 Å². The Bertz CT molecular complexity index is 833. The SMILES string of the molecule is CCCOc1ccccc1OCC(=O)OCC(=O)Nc1ccccc1C(C)=O. The Kier molecular flexibility index (Phi) is 8.02. The van der Waals surface area contributed by atoms with Crippen LogP contribution in [0.2, 0.25) is 0 Å². The monoisotopic (exact) mass is 385 g/mol. The largest absolute Gasteiger partial charge is 0.490 e. The molecule has 0 unspecified atom stereocenters. The molecule has 0 radical (unpaired) electrons. The van der Waals surface area contributed by atoms with E-state index in [0.29, 0.717) is 29.4 Å². The first kappa shape index (κ1) is 21.0. The number of hydrogen-bond acceptors (Lipinski definition) is 6. The molecule has 0 fully saturated rings. The number of amides is 1. The van der Waals surface area contributed by atoms with Crippen LogP contribution in [-0.2, 0) is 14.3 Å². The number of carbonyl (C=O) groups is 3. The molecule has 2 aromatic carbocycles. The zero-order chi connectivity index (χ0) is 20.4. The first-order valence-corrected chi connectivity index (χ1v) is 8.91. The van der Waals surface area contributed by atoms with Crippen LogP contribution in [0.15, 0.2) is 48.5 Å². The molecule has 0 aliphatic rings. The first-order valence-electron chi connectivity index (χ1n) is 8.91. The summed E-state index contributed by atoms with van der Waals surface area (Å²) in [5, 5.41) is 2.56. The third-order valence-electron chi connectivity index (χ3n) is 3.60. The van der Waals surface area contributed by atoms with Crippen molar-refractivity contribution in [2.24, 2.45) is 0 Å². The number of para-hydroxylation sites is 3. The molecule has 0 aromatic heterocycles. The lowest BCUT2D eigenvalue weighted by molar-refractivity contribution is -0.149. The van der Waals surface area contributed by atoms with E-state index in [1.54, 1.807) is 48.5 Å². The molecule has 28 heavy (non-hydrogen) atoms. The van der Waals surface area contributed by atoms with E-state index in [0.717, 1.165) is 6.42 Å². The normalized spacial score (nSPS) is 10.1. The van der Waals surface area contributed by atoms with E-state index >= 15 is 0 Å². The minimum atomic E-state index is -0.694. The van der Waals surface area contributed by atoms with E-state index in [9.17, 15) is 14.4 Å². The van der Waals surface area contributed by atoms with Crippen LogP contribution in [0.1, 0.15) is 30.6 Å². The summed E-state index contributed by atoms with van der Waals surface area (Å²) in [5.74, 6) is -0.456. The number of carbonyl (C=O) groups excluding carboxylic acids is 3. The average molecular weight is 385 g/mol. The van der Waals surface area contributed by atoms with Gasteiger partial charge in [0.05, 0.1) is 12.3 Å². The van der Waals surface area contributed by atoms with Gasteiger partial charge in [-0.15, -0.1) is 0 Å². The number of nitrogens with one attached hydrogen (secondary N) is 1. The Morgan fingerprint density at radius 2 is 1.54 bits per heavy atom. The Morgan fingerprint density at radius 3 is 2.21 bits per heavy atom. The molecule has 1 N–H and O–H groups in total. The molecule has 2 aromatic rings. The summed E-state index contributed by atoms with van der Waals surface area (Å²) in [6.07, 6.45) is 0.845. The number of esters is 1. The third-order valence-corrected chi connectivity index (χ3v) is 3.60. The van der Waals surface area contributed by atoms with Crippen molar-refractivity contribution in [3.63, 3.8) is 0 Å². The molecule has 0 aliphatic heterocycles. The van der Waals surface area contributed by atoms with E-state index in [2.05, 4.69) is 5.32 Å². The fraction of sp³-hybridized carbons (Fsp3) is 0.286. The number of Topliss-reactive ketones (excluding diaryl/α,β-unsaturated/α-hetero) is 1. The van der Waals surface area contributed by atoms with Gasteiger partial charge in [-0.2, -0.15) is 0 Å². The van der Waals surface area contributed by atoms with Crippen molar-refractivity contribution in [1.29, 1.82) is 0 Å². The predicted molar refractivity (Wildman–Crippen MR) is 104 cm³/mol. The maximum atomic E-state index is 12.0. The molecule has 0 heterocycles. The van der Waals surface area contributed by atoms with E-state index < -0.39 is 18.5 Å². The summed E-state index contributed by atoms with van der Waals surface area (Å²) in [6, 6.07) is 13.6. The highest BCUT2D eigenvalue weighted by Gasteiger charge is 2.13. The minimum absolute atomic E-state index is 0.176. The first-order chi connectivity index (χ1) is 13.5. The highest BCUT2D eigenvalue weighted by molar-refractivity contribution is 6.04. The third kappa shape index (κ3) is 6.42. The van der Waals surface area contributed by atoms with Crippen molar-refractivity contribution < 1.29 is 28.6 Å². The van der Waals surface area contributed by atoms with Gasteiger partial charge in [0.1, 0.15) is 0 Å². The molecule has 7 nitrogen and oxygen atoms in total. The van der Waals surface area contributed by atoms with E-state index in [1.807, 2.05) is 6.92 Å². The van der Waals surface area contributed by atoms with Gasteiger partial charge in [0.2, 0.25) is 0 Å². The van der Waals surface area contributed by atoms with Crippen LogP contribution >= 0.6 is 0 Å². The van der Waals surface area contributed by atoms with Gasteiger partial charge in [-0.05, 0) is 37.6 Å². The van der Waals surface area contributed by atoms with Crippen LogP contribution in [0, 0.1) is 0 Å². The van der Waals surface area contributed by atoms with Crippen molar-refractivity contribution in [1.82, 2.24) is 0 Å². The molecule has 0 aliphatic carbocycles. The van der Waals surface area contributed by atoms with Gasteiger partial charge >= 0.3 is 5.97 Å². The zero-order valence-electron chi connectivity index (χ0n) is 15.9. The topological polar surface area (TPSA) is 90.9 Å². The van der Waals surface area contributed by atoms with Gasteiger partial charge in [0.15, 0.2) is 30.5 Å². The summed E-state index contributed by atoms with van der Waals surface area (Å²) < 4.78 is 15.9. The fourth-order valence-electron chi connectivity index (χ4n) is 2.31. The van der Waals surface area contributed by atoms with Crippen molar-refractivity contribution >= 4 is 23.3 Å². The zero-order valence-corrected chi connectivity index (χ0v) is 15.9. The van der Waals surface area contributed by atoms with Gasteiger partial charge < -0.3 is 19.5 Å². The van der Waals surface area contributed by atoms with Crippen molar-refractivity contribution in [3.05, 3.63) is 54.1 Å². The minimum Gasteiger partial charge on any atom is -0.490 e. The number of benzene rings is 2. The van der Waals surface area contributed by atoms with Crippen molar-refractivity contribution in [2.75, 3.05) is 25.1 Å². The lowest BCUT2D eigenvalue weighted by Crippen LogP contribution is -2.24. The Hall–Kier alpha value is -3.35. The van der Waals surface area contributed by atoms with Gasteiger partial charge in [-0.3, -0.25) is 9.59 Å². The fourth-order valence-corrected chi connectivity index (χ4v) is 2.31. The second kappa shape index (κ2) is 10.7. The van der Waals surface area contributed by atoms with E-state index in [4.69, 9.17) is 14.2 Å². The van der Waals surface area contributed by atoms with Gasteiger partial charge in [0, 0.05) is 5.56 Å². The molecule has 0 atom stereocenters. The number of ketones is 1. The molecule has 0 saturated carbocycles. The van der Waals surface area contributed by atoms with Crippen LogP contribution in [0.3, 0.4) is 0 Å². The standard InChI is InChI=1S/C21H23NO6/c1-3-12-26-18-10-6-7-11-19(18)27-14-21(25)28-13-20(24)22-17-9-5-4-8-16(17)15(2)23/h4-11H,3,12-14H2,1-2H3,(H,22,24). The summed E-state index contributed by atoms with van der Waals surface area (Å²) in [6.45, 7) is 3.09. The predicted octanol–water partition coefficient (Wildman–Crippen LogP) is 3.24. The van der Waals surface area contributed by atoms with Gasteiger partial charge in [-0.1, -0.05) is 31.2 Å². The van der Waals surface area contributed by atoms with Crippen LogP contribution in [-0.4, -0.2) is 37.5 Å². The summed E-state index contributed by atoms with van der Waals surface area (Å²) >= 11 is 0. The lowest BCUT2D eigenvalue weighted by atomic mass is 10.1. The van der Waals surface area contributed by atoms with E-state index in [1.165, 1.54) is 6.92 Å². The summed E-state index contributed by atoms with van der Waals surface area (Å²) in [4.78, 5) is 35.4. The molecule has 0 saturated heterocycles. The quantitative estimate of drug-likeness (QED) is 0.499. The molecule has 0 bridgehead atoms. The highest BCUT2D eigenvalue weighted by Crippen LogP contribution is 2.26. The Labute approximate surface area is 163 Å². The maximum Gasteiger partial charge on any atom is 0.344 e. The summed E-state index contributed by atoms with van der Waals surface area (Å²) in [5.41, 5.74) is 0.753. The summed E-state index contributed by atoms with van der Waals surface area (Å²) in [7, 11) is 0. The van der Waals surface area contributed by atoms with Crippen LogP contribution in [0.5, 0.6) is 11.5 Å².